The molecule has 5 nitrogen and oxygen atoms in total. The number of hydrogen-bond donors (Lipinski definition) is 1. The van der Waals surface area contributed by atoms with Crippen LogP contribution in [-0.2, 0) is 6.54 Å². The van der Waals surface area contributed by atoms with Crippen molar-refractivity contribution < 1.29 is 4.42 Å². The Morgan fingerprint density at radius 1 is 1.50 bits per heavy atom. The van der Waals surface area contributed by atoms with Crippen LogP contribution in [0.25, 0.3) is 11.5 Å². The van der Waals surface area contributed by atoms with Crippen molar-refractivity contribution in [1.29, 1.82) is 0 Å². The molecule has 2 aromatic rings. The average Bonchev–Trinajstić information content (AvgIpc) is 2.74. The van der Waals surface area contributed by atoms with Crippen LogP contribution in [0.4, 0.5) is 0 Å². The lowest BCUT2D eigenvalue weighted by atomic mass is 10.3. The van der Waals surface area contributed by atoms with Gasteiger partial charge in [-0.05, 0) is 19.1 Å². The third-order valence-electron chi connectivity index (χ3n) is 1.89. The summed E-state index contributed by atoms with van der Waals surface area (Å²) in [6, 6.07) is 3.78. The van der Waals surface area contributed by atoms with Crippen LogP contribution in [0.2, 0.25) is 0 Å². The van der Waals surface area contributed by atoms with E-state index in [0.29, 0.717) is 13.1 Å². The average molecular weight is 192 g/mol. The quantitative estimate of drug-likeness (QED) is 0.781. The lowest BCUT2D eigenvalue weighted by Crippen LogP contribution is -2.10. The Morgan fingerprint density at radius 3 is 3.00 bits per heavy atom. The molecule has 0 amide bonds. The Hall–Kier alpha value is -1.62. The van der Waals surface area contributed by atoms with E-state index >= 15 is 0 Å². The Bertz CT molecular complexity index is 418. The Balaban J connectivity index is 2.24. The van der Waals surface area contributed by atoms with Gasteiger partial charge in [-0.2, -0.15) is 0 Å². The zero-order valence-electron chi connectivity index (χ0n) is 7.97. The van der Waals surface area contributed by atoms with E-state index in [4.69, 9.17) is 10.2 Å². The maximum atomic E-state index is 5.41. The number of aromatic nitrogens is 3. The lowest BCUT2D eigenvalue weighted by Gasteiger charge is -1.92. The van der Waals surface area contributed by atoms with Crippen molar-refractivity contribution in [3.05, 3.63) is 24.1 Å². The normalized spacial score (nSPS) is 10.7. The number of rotatable bonds is 3. The minimum Gasteiger partial charge on any atom is -0.460 e. The van der Waals surface area contributed by atoms with Gasteiger partial charge < -0.3 is 10.2 Å². The molecule has 0 saturated carbocycles. The van der Waals surface area contributed by atoms with Crippen molar-refractivity contribution in [3.63, 3.8) is 0 Å². The maximum absolute atomic E-state index is 5.41. The summed E-state index contributed by atoms with van der Waals surface area (Å²) >= 11 is 0. The van der Waals surface area contributed by atoms with Crippen molar-refractivity contribution in [2.75, 3.05) is 6.54 Å². The first-order valence-corrected chi connectivity index (χ1v) is 4.46. The fourth-order valence-electron chi connectivity index (χ4n) is 1.23. The third-order valence-corrected chi connectivity index (χ3v) is 1.89. The van der Waals surface area contributed by atoms with Gasteiger partial charge in [0.2, 0.25) is 0 Å². The van der Waals surface area contributed by atoms with E-state index in [1.165, 1.54) is 0 Å². The Labute approximate surface area is 81.5 Å². The molecule has 0 saturated heterocycles. The molecule has 0 radical (unpaired) electrons. The fraction of sp³-hybridized carbons (Fsp3) is 0.333. The van der Waals surface area contributed by atoms with Crippen LogP contribution in [0.3, 0.4) is 0 Å². The number of furan rings is 1. The highest BCUT2D eigenvalue weighted by molar-refractivity contribution is 5.49. The molecular weight excluding hydrogens is 180 g/mol. The van der Waals surface area contributed by atoms with Crippen molar-refractivity contribution in [2.45, 2.75) is 13.5 Å². The minimum absolute atomic E-state index is 0.556. The van der Waals surface area contributed by atoms with Gasteiger partial charge in [-0.25, -0.2) is 0 Å². The minimum atomic E-state index is 0.556. The summed E-state index contributed by atoms with van der Waals surface area (Å²) in [6.45, 7) is 3.13. The molecule has 0 fully saturated rings. The predicted octanol–water partition coefficient (Wildman–Crippen LogP) is 0.805. The Kier molecular flexibility index (Phi) is 2.32. The maximum Gasteiger partial charge on any atom is 0.156 e. The SMILES string of the molecule is Cc1ccc(-c2cn(CCN)nn2)o1. The summed E-state index contributed by atoms with van der Waals surface area (Å²) in [5, 5.41) is 7.90. The van der Waals surface area contributed by atoms with Gasteiger partial charge in [-0.1, -0.05) is 5.21 Å². The lowest BCUT2D eigenvalue weighted by molar-refractivity contribution is 0.546. The van der Waals surface area contributed by atoms with E-state index < -0.39 is 0 Å². The van der Waals surface area contributed by atoms with Gasteiger partial charge >= 0.3 is 0 Å². The molecule has 2 rings (SSSR count). The molecule has 14 heavy (non-hydrogen) atoms. The fourth-order valence-corrected chi connectivity index (χ4v) is 1.23. The van der Waals surface area contributed by atoms with Gasteiger partial charge in [0, 0.05) is 6.54 Å². The Morgan fingerprint density at radius 2 is 2.36 bits per heavy atom. The van der Waals surface area contributed by atoms with Crippen LogP contribution in [-0.4, -0.2) is 21.5 Å². The summed E-state index contributed by atoms with van der Waals surface area (Å²) in [5.41, 5.74) is 6.14. The summed E-state index contributed by atoms with van der Waals surface area (Å²) < 4.78 is 7.12. The molecule has 0 bridgehead atoms. The molecule has 0 unspecified atom stereocenters. The molecule has 0 atom stereocenters. The highest BCUT2D eigenvalue weighted by atomic mass is 16.3. The van der Waals surface area contributed by atoms with Crippen molar-refractivity contribution in [2.24, 2.45) is 5.73 Å². The second kappa shape index (κ2) is 3.63. The largest absolute Gasteiger partial charge is 0.460 e. The van der Waals surface area contributed by atoms with E-state index in [0.717, 1.165) is 17.2 Å². The second-order valence-corrected chi connectivity index (χ2v) is 3.07. The molecule has 0 aliphatic heterocycles. The highest BCUT2D eigenvalue weighted by Crippen LogP contribution is 2.18. The zero-order valence-corrected chi connectivity index (χ0v) is 7.97. The standard InChI is InChI=1S/C9H12N4O/c1-7-2-3-9(14-7)8-6-13(5-4-10)12-11-8/h2-3,6H,4-5,10H2,1H3. The second-order valence-electron chi connectivity index (χ2n) is 3.07. The van der Waals surface area contributed by atoms with E-state index in [1.807, 2.05) is 25.3 Å². The smallest absolute Gasteiger partial charge is 0.156 e. The van der Waals surface area contributed by atoms with Gasteiger partial charge in [-0.3, -0.25) is 4.68 Å². The summed E-state index contributed by atoms with van der Waals surface area (Å²) in [7, 11) is 0. The molecule has 0 aliphatic rings. The topological polar surface area (TPSA) is 69.9 Å². The highest BCUT2D eigenvalue weighted by Gasteiger charge is 2.06. The van der Waals surface area contributed by atoms with E-state index in [1.54, 1.807) is 4.68 Å². The summed E-state index contributed by atoms with van der Waals surface area (Å²) in [5.74, 6) is 1.61. The van der Waals surface area contributed by atoms with Crippen molar-refractivity contribution in [1.82, 2.24) is 15.0 Å². The van der Waals surface area contributed by atoms with E-state index in [9.17, 15) is 0 Å². The molecule has 2 N–H and O–H groups in total. The molecule has 2 aromatic heterocycles. The third kappa shape index (κ3) is 1.67. The first-order valence-electron chi connectivity index (χ1n) is 4.46. The number of nitrogens with two attached hydrogens (primary N) is 1. The van der Waals surface area contributed by atoms with Crippen LogP contribution in [0.1, 0.15) is 5.76 Å². The first kappa shape index (κ1) is 8.96. The number of aryl methyl sites for hydroxylation is 1. The number of nitrogens with zero attached hydrogens (tertiary/aromatic N) is 3. The molecule has 5 heteroatoms. The van der Waals surface area contributed by atoms with Crippen LogP contribution >= 0.6 is 0 Å². The van der Waals surface area contributed by atoms with Crippen LogP contribution in [0.15, 0.2) is 22.7 Å². The van der Waals surface area contributed by atoms with Crippen LogP contribution in [0, 0.1) is 6.92 Å². The van der Waals surface area contributed by atoms with Gasteiger partial charge in [0.25, 0.3) is 0 Å². The van der Waals surface area contributed by atoms with Gasteiger partial charge in [0.05, 0.1) is 12.7 Å². The monoisotopic (exact) mass is 192 g/mol. The summed E-state index contributed by atoms with van der Waals surface area (Å²) in [6.07, 6.45) is 1.82. The zero-order chi connectivity index (χ0) is 9.97. The first-order chi connectivity index (χ1) is 6.79. The molecular formula is C9H12N4O. The number of hydrogen-bond acceptors (Lipinski definition) is 4. The predicted molar refractivity (Wildman–Crippen MR) is 51.5 cm³/mol. The van der Waals surface area contributed by atoms with Gasteiger partial charge in [0.1, 0.15) is 11.5 Å². The molecule has 74 valence electrons. The van der Waals surface area contributed by atoms with Gasteiger partial charge in [-0.15, -0.1) is 5.10 Å². The summed E-state index contributed by atoms with van der Waals surface area (Å²) in [4.78, 5) is 0. The van der Waals surface area contributed by atoms with E-state index in [-0.39, 0.29) is 0 Å². The molecule has 2 heterocycles. The van der Waals surface area contributed by atoms with Crippen LogP contribution < -0.4 is 5.73 Å². The molecule has 0 aliphatic carbocycles. The van der Waals surface area contributed by atoms with Crippen LogP contribution in [0.5, 0.6) is 0 Å². The van der Waals surface area contributed by atoms with E-state index in [2.05, 4.69) is 10.3 Å². The van der Waals surface area contributed by atoms with Gasteiger partial charge in [0.15, 0.2) is 5.76 Å². The molecule has 0 aromatic carbocycles. The van der Waals surface area contributed by atoms with Crippen molar-refractivity contribution >= 4 is 0 Å². The molecule has 0 spiro atoms. The van der Waals surface area contributed by atoms with Crippen molar-refractivity contribution in [3.8, 4) is 11.5 Å².